The second-order valence-electron chi connectivity index (χ2n) is 4.53. The van der Waals surface area contributed by atoms with Gasteiger partial charge in [-0.2, -0.15) is 0 Å². The molecule has 0 fully saturated rings. The Morgan fingerprint density at radius 2 is 2.05 bits per heavy atom. The molecule has 104 valence electrons. The van der Waals surface area contributed by atoms with Crippen LogP contribution < -0.4 is 5.48 Å². The number of benzene rings is 1. The van der Waals surface area contributed by atoms with Crippen molar-refractivity contribution >= 4 is 17.6 Å². The molecule has 1 aromatic carbocycles. The first-order chi connectivity index (χ1) is 10.3. The summed E-state index contributed by atoms with van der Waals surface area (Å²) in [5.74, 6) is -0.566. The molecule has 0 spiro atoms. The second kappa shape index (κ2) is 5.60. The van der Waals surface area contributed by atoms with Gasteiger partial charge in [0.05, 0.1) is 5.69 Å². The fourth-order valence-electron chi connectivity index (χ4n) is 2.06. The van der Waals surface area contributed by atoms with Crippen molar-refractivity contribution in [2.45, 2.75) is 0 Å². The third kappa shape index (κ3) is 2.82. The number of carbonyl (C=O) groups is 1. The number of aromatic nitrogens is 2. The van der Waals surface area contributed by atoms with Gasteiger partial charge in [-0.25, -0.2) is 10.5 Å². The van der Waals surface area contributed by atoms with Crippen molar-refractivity contribution in [3.63, 3.8) is 0 Å². The van der Waals surface area contributed by atoms with Crippen LogP contribution >= 0.6 is 0 Å². The molecule has 0 radical (unpaired) electrons. The number of carbonyl (C=O) groups excluding carboxylic acids is 1. The normalized spacial score (nSPS) is 11.1. The lowest BCUT2D eigenvalue weighted by Gasteiger charge is -1.95. The van der Waals surface area contributed by atoms with Crippen molar-refractivity contribution in [3.8, 4) is 11.3 Å². The molecule has 0 aliphatic rings. The van der Waals surface area contributed by atoms with Crippen LogP contribution in [0.3, 0.4) is 0 Å². The Morgan fingerprint density at radius 1 is 1.24 bits per heavy atom. The van der Waals surface area contributed by atoms with Gasteiger partial charge in [-0.1, -0.05) is 30.3 Å². The number of amides is 1. The average Bonchev–Trinajstić information content (AvgIpc) is 2.96. The molecule has 3 rings (SSSR count). The molecular weight excluding hydrogens is 266 g/mol. The maximum absolute atomic E-state index is 11.0. The lowest BCUT2D eigenvalue weighted by atomic mass is 10.2. The fraction of sp³-hybridized carbons (Fsp3) is 0. The Kier molecular flexibility index (Phi) is 3.49. The van der Waals surface area contributed by atoms with Crippen LogP contribution in [0.25, 0.3) is 23.0 Å². The standard InChI is InChI=1S/C16H13N3O2/c20-16(18-21)7-6-12-8-9-19-11-14(17-15(19)10-12)13-4-2-1-3-5-13/h1-11,21H,(H,18,20). The molecule has 1 amide bonds. The highest BCUT2D eigenvalue weighted by Gasteiger charge is 2.04. The maximum atomic E-state index is 11.0. The zero-order valence-corrected chi connectivity index (χ0v) is 11.1. The predicted molar refractivity (Wildman–Crippen MR) is 79.6 cm³/mol. The average molecular weight is 279 g/mol. The fourth-order valence-corrected chi connectivity index (χ4v) is 2.06. The highest BCUT2D eigenvalue weighted by molar-refractivity contribution is 5.90. The Labute approximate surface area is 121 Å². The lowest BCUT2D eigenvalue weighted by Crippen LogP contribution is -2.14. The van der Waals surface area contributed by atoms with Gasteiger partial charge in [0.25, 0.3) is 5.91 Å². The van der Waals surface area contributed by atoms with E-state index in [2.05, 4.69) is 4.98 Å². The van der Waals surface area contributed by atoms with Crippen LogP contribution in [-0.4, -0.2) is 20.5 Å². The summed E-state index contributed by atoms with van der Waals surface area (Å²) in [7, 11) is 0. The minimum atomic E-state index is -0.566. The summed E-state index contributed by atoms with van der Waals surface area (Å²) >= 11 is 0. The number of hydrogen-bond acceptors (Lipinski definition) is 3. The molecule has 2 heterocycles. The Bertz CT molecular complexity index is 807. The van der Waals surface area contributed by atoms with Crippen LogP contribution in [-0.2, 0) is 4.79 Å². The van der Waals surface area contributed by atoms with E-state index in [9.17, 15) is 4.79 Å². The van der Waals surface area contributed by atoms with Crippen LogP contribution in [0.1, 0.15) is 5.56 Å². The first kappa shape index (κ1) is 13.1. The molecule has 0 aliphatic heterocycles. The summed E-state index contributed by atoms with van der Waals surface area (Å²) in [6, 6.07) is 13.7. The summed E-state index contributed by atoms with van der Waals surface area (Å²) in [5.41, 5.74) is 5.12. The van der Waals surface area contributed by atoms with Crippen LogP contribution in [0.5, 0.6) is 0 Å². The summed E-state index contributed by atoms with van der Waals surface area (Å²) in [4.78, 5) is 15.5. The van der Waals surface area contributed by atoms with Gasteiger partial charge in [-0.3, -0.25) is 10.0 Å². The second-order valence-corrected chi connectivity index (χ2v) is 4.53. The first-order valence-corrected chi connectivity index (χ1v) is 6.42. The summed E-state index contributed by atoms with van der Waals surface area (Å²) in [5, 5.41) is 8.45. The Hall–Kier alpha value is -2.92. The van der Waals surface area contributed by atoms with Gasteiger partial charge < -0.3 is 4.40 Å². The zero-order chi connectivity index (χ0) is 14.7. The van der Waals surface area contributed by atoms with Crippen LogP contribution in [0.2, 0.25) is 0 Å². The highest BCUT2D eigenvalue weighted by atomic mass is 16.5. The largest absolute Gasteiger partial charge is 0.306 e. The number of nitrogens with zero attached hydrogens (tertiary/aromatic N) is 2. The first-order valence-electron chi connectivity index (χ1n) is 6.42. The molecule has 5 nitrogen and oxygen atoms in total. The molecule has 0 saturated heterocycles. The predicted octanol–water partition coefficient (Wildman–Crippen LogP) is 2.52. The summed E-state index contributed by atoms with van der Waals surface area (Å²) in [6.07, 6.45) is 6.71. The number of fused-ring (bicyclic) bond motifs is 1. The molecule has 0 bridgehead atoms. The van der Waals surface area contributed by atoms with E-state index in [0.717, 1.165) is 22.5 Å². The summed E-state index contributed by atoms with van der Waals surface area (Å²) < 4.78 is 1.92. The van der Waals surface area contributed by atoms with Crippen molar-refractivity contribution in [2.24, 2.45) is 0 Å². The minimum absolute atomic E-state index is 0.566. The number of nitrogens with one attached hydrogen (secondary N) is 1. The molecule has 2 aromatic heterocycles. The van der Waals surface area contributed by atoms with E-state index in [1.807, 2.05) is 59.3 Å². The van der Waals surface area contributed by atoms with Gasteiger partial charge in [-0.15, -0.1) is 0 Å². The Morgan fingerprint density at radius 3 is 2.81 bits per heavy atom. The maximum Gasteiger partial charge on any atom is 0.267 e. The topological polar surface area (TPSA) is 66.6 Å². The van der Waals surface area contributed by atoms with E-state index < -0.39 is 5.91 Å². The van der Waals surface area contributed by atoms with E-state index in [-0.39, 0.29) is 0 Å². The third-order valence-electron chi connectivity index (χ3n) is 3.09. The van der Waals surface area contributed by atoms with E-state index in [4.69, 9.17) is 5.21 Å². The molecule has 0 aliphatic carbocycles. The van der Waals surface area contributed by atoms with Gasteiger partial charge in [0.15, 0.2) is 0 Å². The van der Waals surface area contributed by atoms with Gasteiger partial charge >= 0.3 is 0 Å². The quantitative estimate of drug-likeness (QED) is 0.440. The van der Waals surface area contributed by atoms with E-state index in [1.54, 1.807) is 11.6 Å². The van der Waals surface area contributed by atoms with Crippen molar-refractivity contribution in [3.05, 3.63) is 66.5 Å². The van der Waals surface area contributed by atoms with E-state index in [0.29, 0.717) is 0 Å². The zero-order valence-electron chi connectivity index (χ0n) is 11.1. The van der Waals surface area contributed by atoms with Crippen LogP contribution in [0.4, 0.5) is 0 Å². The van der Waals surface area contributed by atoms with Crippen molar-refractivity contribution < 1.29 is 10.0 Å². The third-order valence-corrected chi connectivity index (χ3v) is 3.09. The molecule has 0 saturated carbocycles. The van der Waals surface area contributed by atoms with Crippen LogP contribution in [0, 0.1) is 0 Å². The molecular formula is C16H13N3O2. The minimum Gasteiger partial charge on any atom is -0.306 e. The van der Waals surface area contributed by atoms with Crippen molar-refractivity contribution in [1.82, 2.24) is 14.9 Å². The van der Waals surface area contributed by atoms with Crippen LogP contribution in [0.15, 0.2) is 60.9 Å². The van der Waals surface area contributed by atoms with Gasteiger partial charge in [0, 0.05) is 24.0 Å². The van der Waals surface area contributed by atoms with E-state index >= 15 is 0 Å². The molecule has 0 unspecified atom stereocenters. The number of hydrogen-bond donors (Lipinski definition) is 2. The molecule has 3 aromatic rings. The van der Waals surface area contributed by atoms with Gasteiger partial charge in [0.2, 0.25) is 0 Å². The van der Waals surface area contributed by atoms with E-state index in [1.165, 1.54) is 6.08 Å². The van der Waals surface area contributed by atoms with Crippen molar-refractivity contribution in [2.75, 3.05) is 0 Å². The monoisotopic (exact) mass is 279 g/mol. The number of rotatable bonds is 3. The molecule has 5 heteroatoms. The molecule has 2 N–H and O–H groups in total. The molecule has 21 heavy (non-hydrogen) atoms. The highest BCUT2D eigenvalue weighted by Crippen LogP contribution is 2.19. The number of pyridine rings is 1. The number of hydroxylamine groups is 1. The van der Waals surface area contributed by atoms with Gasteiger partial charge in [0.1, 0.15) is 5.65 Å². The number of imidazole rings is 1. The lowest BCUT2D eigenvalue weighted by molar-refractivity contribution is -0.124. The Balaban J connectivity index is 1.96. The molecule has 0 atom stereocenters. The van der Waals surface area contributed by atoms with Crippen molar-refractivity contribution in [1.29, 1.82) is 0 Å². The van der Waals surface area contributed by atoms with Gasteiger partial charge in [-0.05, 0) is 23.8 Å². The summed E-state index contributed by atoms with van der Waals surface area (Å²) in [6.45, 7) is 0. The smallest absolute Gasteiger partial charge is 0.267 e. The SMILES string of the molecule is O=C(C=Cc1ccn2cc(-c3ccccc3)nc2c1)NO.